The molecule has 1 atom stereocenters. The second-order valence-electron chi connectivity index (χ2n) is 4.84. The number of anilines is 1. The number of carbonyl (C=O) groups excluding carboxylic acids is 1. The van der Waals surface area contributed by atoms with E-state index in [-0.39, 0.29) is 12.5 Å². The third-order valence-electron chi connectivity index (χ3n) is 3.13. The van der Waals surface area contributed by atoms with Crippen LogP contribution in [-0.4, -0.2) is 17.6 Å². The molecule has 1 unspecified atom stereocenters. The smallest absolute Gasteiger partial charge is 0.262 e. The maximum absolute atomic E-state index is 11.8. The lowest BCUT2D eigenvalue weighted by atomic mass is 10.1. The van der Waals surface area contributed by atoms with Crippen molar-refractivity contribution in [2.75, 3.05) is 11.9 Å². The number of aliphatic hydroxyl groups excluding tert-OH is 1. The molecule has 0 fully saturated rings. The summed E-state index contributed by atoms with van der Waals surface area (Å²) in [4.78, 5) is 11.8. The topological polar surface area (TPSA) is 58.6 Å². The van der Waals surface area contributed by atoms with Gasteiger partial charge in [0, 0.05) is 10.7 Å². The Balaban J connectivity index is 1.86. The summed E-state index contributed by atoms with van der Waals surface area (Å²) >= 11 is 5.85. The van der Waals surface area contributed by atoms with Crippen molar-refractivity contribution in [1.29, 1.82) is 0 Å². The molecule has 5 heteroatoms. The van der Waals surface area contributed by atoms with Gasteiger partial charge >= 0.3 is 0 Å². The Kier molecular flexibility index (Phi) is 5.81. The van der Waals surface area contributed by atoms with E-state index >= 15 is 0 Å². The maximum atomic E-state index is 11.8. The van der Waals surface area contributed by atoms with Crippen molar-refractivity contribution < 1.29 is 14.6 Å². The van der Waals surface area contributed by atoms with Crippen molar-refractivity contribution in [1.82, 2.24) is 0 Å². The molecule has 0 aromatic heterocycles. The highest BCUT2D eigenvalue weighted by Crippen LogP contribution is 2.20. The highest BCUT2D eigenvalue weighted by atomic mass is 35.5. The average Bonchev–Trinajstić information content (AvgIpc) is 2.52. The zero-order valence-corrected chi connectivity index (χ0v) is 13.0. The Labute approximate surface area is 134 Å². The Morgan fingerprint density at radius 2 is 2.00 bits per heavy atom. The van der Waals surface area contributed by atoms with Crippen LogP contribution >= 0.6 is 11.6 Å². The van der Waals surface area contributed by atoms with Gasteiger partial charge in [-0.3, -0.25) is 4.79 Å². The summed E-state index contributed by atoms with van der Waals surface area (Å²) in [6.07, 6.45) is 0.183. The Bertz CT molecular complexity index is 628. The molecule has 0 aliphatic rings. The molecular formula is C17H18ClNO3. The van der Waals surface area contributed by atoms with Crippen LogP contribution < -0.4 is 10.1 Å². The van der Waals surface area contributed by atoms with E-state index in [0.29, 0.717) is 22.9 Å². The molecule has 1 amide bonds. The third kappa shape index (κ3) is 4.76. The number of hydrogen-bond acceptors (Lipinski definition) is 3. The van der Waals surface area contributed by atoms with Gasteiger partial charge in [-0.1, -0.05) is 36.7 Å². The minimum Gasteiger partial charge on any atom is -0.484 e. The van der Waals surface area contributed by atoms with Crippen molar-refractivity contribution >= 4 is 23.2 Å². The van der Waals surface area contributed by atoms with Gasteiger partial charge in [0.25, 0.3) is 5.91 Å². The van der Waals surface area contributed by atoms with Crippen LogP contribution in [0.2, 0.25) is 5.02 Å². The average molecular weight is 320 g/mol. The van der Waals surface area contributed by atoms with Crippen molar-refractivity contribution in [2.45, 2.75) is 19.4 Å². The van der Waals surface area contributed by atoms with Gasteiger partial charge in [0.1, 0.15) is 5.75 Å². The number of aliphatic hydroxyl groups is 1. The van der Waals surface area contributed by atoms with Crippen molar-refractivity contribution in [3.05, 3.63) is 59.1 Å². The molecular weight excluding hydrogens is 302 g/mol. The fourth-order valence-corrected chi connectivity index (χ4v) is 2.12. The van der Waals surface area contributed by atoms with Crippen LogP contribution in [-0.2, 0) is 4.79 Å². The molecule has 2 aromatic rings. The second-order valence-corrected chi connectivity index (χ2v) is 5.28. The number of halogens is 1. The summed E-state index contributed by atoms with van der Waals surface area (Å²) in [6, 6.07) is 14.0. The number of rotatable bonds is 6. The molecule has 0 saturated heterocycles. The quantitative estimate of drug-likeness (QED) is 0.851. The molecule has 0 radical (unpaired) electrons. The standard InChI is InChI=1S/C17H18ClNO3/c1-2-16(20)12-6-8-15(9-7-12)22-11-17(21)19-14-5-3-4-13(18)10-14/h3-10,16,20H,2,11H2,1H3,(H,19,21). The Morgan fingerprint density at radius 3 is 2.64 bits per heavy atom. The Morgan fingerprint density at radius 1 is 1.27 bits per heavy atom. The number of carbonyl (C=O) groups is 1. The molecule has 0 saturated carbocycles. The molecule has 0 heterocycles. The summed E-state index contributed by atoms with van der Waals surface area (Å²) in [5.74, 6) is 0.313. The van der Waals surface area contributed by atoms with Crippen LogP contribution in [0.5, 0.6) is 5.75 Å². The minimum absolute atomic E-state index is 0.0950. The number of benzene rings is 2. The van der Waals surface area contributed by atoms with Crippen LogP contribution in [0.1, 0.15) is 25.0 Å². The maximum Gasteiger partial charge on any atom is 0.262 e. The molecule has 0 spiro atoms. The first-order chi connectivity index (χ1) is 10.6. The van der Waals surface area contributed by atoms with Crippen molar-refractivity contribution in [2.24, 2.45) is 0 Å². The summed E-state index contributed by atoms with van der Waals surface area (Å²) in [5, 5.41) is 13.0. The lowest BCUT2D eigenvalue weighted by Crippen LogP contribution is -2.20. The molecule has 0 bridgehead atoms. The van der Waals surface area contributed by atoms with Crippen LogP contribution in [0.25, 0.3) is 0 Å². The molecule has 2 N–H and O–H groups in total. The van der Waals surface area contributed by atoms with Gasteiger partial charge in [-0.25, -0.2) is 0 Å². The summed E-state index contributed by atoms with van der Waals surface area (Å²) in [7, 11) is 0. The largest absolute Gasteiger partial charge is 0.484 e. The van der Waals surface area contributed by atoms with Crippen LogP contribution in [0.3, 0.4) is 0 Å². The van der Waals surface area contributed by atoms with Gasteiger partial charge in [-0.15, -0.1) is 0 Å². The number of ether oxygens (including phenoxy) is 1. The molecule has 116 valence electrons. The first-order valence-electron chi connectivity index (χ1n) is 7.04. The minimum atomic E-state index is -0.472. The predicted octanol–water partition coefficient (Wildman–Crippen LogP) is 3.80. The summed E-state index contributed by atoms with van der Waals surface area (Å²) in [6.45, 7) is 1.82. The number of nitrogens with one attached hydrogen (secondary N) is 1. The SMILES string of the molecule is CCC(O)c1ccc(OCC(=O)Nc2cccc(Cl)c2)cc1. The van der Waals surface area contributed by atoms with Crippen molar-refractivity contribution in [3.8, 4) is 5.75 Å². The number of amides is 1. The van der Waals surface area contributed by atoms with Crippen molar-refractivity contribution in [3.63, 3.8) is 0 Å². The van der Waals surface area contributed by atoms with Gasteiger partial charge in [-0.05, 0) is 42.3 Å². The van der Waals surface area contributed by atoms with Gasteiger partial charge in [-0.2, -0.15) is 0 Å². The highest BCUT2D eigenvalue weighted by molar-refractivity contribution is 6.30. The van der Waals surface area contributed by atoms with E-state index in [2.05, 4.69) is 5.32 Å². The molecule has 0 aliphatic carbocycles. The summed E-state index contributed by atoms with van der Waals surface area (Å²) in [5.41, 5.74) is 1.46. The summed E-state index contributed by atoms with van der Waals surface area (Å²) < 4.78 is 5.41. The van der Waals surface area contributed by atoms with E-state index in [0.717, 1.165) is 5.56 Å². The fourth-order valence-electron chi connectivity index (χ4n) is 1.93. The van der Waals surface area contributed by atoms with E-state index in [1.807, 2.05) is 6.92 Å². The zero-order chi connectivity index (χ0) is 15.9. The lowest BCUT2D eigenvalue weighted by Gasteiger charge is -2.10. The zero-order valence-electron chi connectivity index (χ0n) is 12.3. The first kappa shape index (κ1) is 16.3. The van der Waals surface area contributed by atoms with Crippen LogP contribution in [0, 0.1) is 0 Å². The monoisotopic (exact) mass is 319 g/mol. The number of hydrogen-bond donors (Lipinski definition) is 2. The third-order valence-corrected chi connectivity index (χ3v) is 3.36. The van der Waals surface area contributed by atoms with Crippen LogP contribution in [0.15, 0.2) is 48.5 Å². The predicted molar refractivity (Wildman–Crippen MR) is 87.3 cm³/mol. The van der Waals surface area contributed by atoms with Gasteiger partial charge < -0.3 is 15.2 Å². The van der Waals surface area contributed by atoms with E-state index < -0.39 is 6.10 Å². The molecule has 0 aliphatic heterocycles. The molecule has 2 aromatic carbocycles. The molecule has 22 heavy (non-hydrogen) atoms. The fraction of sp³-hybridized carbons (Fsp3) is 0.235. The van der Waals surface area contributed by atoms with E-state index in [1.54, 1.807) is 48.5 Å². The van der Waals surface area contributed by atoms with E-state index in [4.69, 9.17) is 16.3 Å². The second kappa shape index (κ2) is 7.82. The van der Waals surface area contributed by atoms with Gasteiger partial charge in [0.2, 0.25) is 0 Å². The Hall–Kier alpha value is -2.04. The van der Waals surface area contributed by atoms with Gasteiger partial charge in [0.05, 0.1) is 6.10 Å². The van der Waals surface area contributed by atoms with E-state index in [9.17, 15) is 9.90 Å². The molecule has 2 rings (SSSR count). The highest BCUT2D eigenvalue weighted by Gasteiger charge is 2.06. The lowest BCUT2D eigenvalue weighted by molar-refractivity contribution is -0.118. The normalized spacial score (nSPS) is 11.8. The van der Waals surface area contributed by atoms with Crippen LogP contribution in [0.4, 0.5) is 5.69 Å². The molecule has 4 nitrogen and oxygen atoms in total. The first-order valence-corrected chi connectivity index (χ1v) is 7.42. The van der Waals surface area contributed by atoms with Gasteiger partial charge in [0.15, 0.2) is 6.61 Å². The van der Waals surface area contributed by atoms with E-state index in [1.165, 1.54) is 0 Å².